The predicted molar refractivity (Wildman–Crippen MR) is 110 cm³/mol. The smallest absolute Gasteiger partial charge is 0.244 e. The second-order valence-electron chi connectivity index (χ2n) is 6.59. The number of hydrogen-bond donors (Lipinski definition) is 1. The Kier molecular flexibility index (Phi) is 5.42. The minimum absolute atomic E-state index is 0.255. The number of imidazole rings is 1. The fraction of sp³-hybridized carbons (Fsp3) is 0.0870. The summed E-state index contributed by atoms with van der Waals surface area (Å²) >= 11 is 0. The zero-order valence-electron chi connectivity index (χ0n) is 15.6. The van der Waals surface area contributed by atoms with Crippen LogP contribution in [0.5, 0.6) is 0 Å². The van der Waals surface area contributed by atoms with E-state index < -0.39 is 0 Å². The standard InChI is InChI=1S/C23H19FN4O/c24-18-10-8-17(9-11-18)21(15-28-16-26-20-6-1-2-7-22(20)28)27-23(29)13-12-19-5-3-4-14-25-19/h1-14,16,21H,15H2,(H,27,29). The molecule has 0 aliphatic heterocycles. The first-order valence-electron chi connectivity index (χ1n) is 9.24. The van der Waals surface area contributed by atoms with Crippen LogP contribution in [0.1, 0.15) is 17.3 Å². The minimum Gasteiger partial charge on any atom is -0.344 e. The van der Waals surface area contributed by atoms with Gasteiger partial charge in [-0.15, -0.1) is 0 Å². The summed E-state index contributed by atoms with van der Waals surface area (Å²) in [6.07, 6.45) is 6.52. The Bertz CT molecular complexity index is 1140. The average molecular weight is 386 g/mol. The van der Waals surface area contributed by atoms with Gasteiger partial charge in [-0.1, -0.05) is 30.3 Å². The van der Waals surface area contributed by atoms with Gasteiger partial charge in [-0.05, 0) is 48.0 Å². The quantitative estimate of drug-likeness (QED) is 0.507. The van der Waals surface area contributed by atoms with Gasteiger partial charge in [0.05, 0.1) is 29.1 Å². The van der Waals surface area contributed by atoms with Crippen LogP contribution in [0.3, 0.4) is 0 Å². The number of para-hydroxylation sites is 2. The summed E-state index contributed by atoms with van der Waals surface area (Å²) in [4.78, 5) is 21.1. The van der Waals surface area contributed by atoms with Gasteiger partial charge in [0.15, 0.2) is 0 Å². The Balaban J connectivity index is 1.57. The van der Waals surface area contributed by atoms with Crippen molar-refractivity contribution in [3.05, 3.63) is 102 Å². The molecule has 2 aromatic heterocycles. The largest absolute Gasteiger partial charge is 0.344 e. The van der Waals surface area contributed by atoms with Gasteiger partial charge in [-0.3, -0.25) is 9.78 Å². The van der Waals surface area contributed by atoms with E-state index in [-0.39, 0.29) is 17.8 Å². The number of carbonyl (C=O) groups excluding carboxylic acids is 1. The molecule has 0 fully saturated rings. The van der Waals surface area contributed by atoms with Crippen LogP contribution < -0.4 is 5.32 Å². The number of carbonyl (C=O) groups is 1. The van der Waals surface area contributed by atoms with E-state index in [1.54, 1.807) is 30.7 Å². The maximum Gasteiger partial charge on any atom is 0.244 e. The summed E-state index contributed by atoms with van der Waals surface area (Å²) in [5.41, 5.74) is 3.36. The number of amides is 1. The molecule has 0 bridgehead atoms. The van der Waals surface area contributed by atoms with Gasteiger partial charge in [0.2, 0.25) is 5.91 Å². The van der Waals surface area contributed by atoms with E-state index in [2.05, 4.69) is 15.3 Å². The first kappa shape index (κ1) is 18.6. The molecule has 0 spiro atoms. The third-order valence-corrected chi connectivity index (χ3v) is 4.59. The molecule has 1 unspecified atom stereocenters. The molecule has 4 rings (SSSR count). The van der Waals surface area contributed by atoms with Crippen molar-refractivity contribution in [3.8, 4) is 0 Å². The van der Waals surface area contributed by atoms with Crippen molar-refractivity contribution in [1.29, 1.82) is 0 Å². The molecule has 0 aliphatic rings. The number of nitrogens with zero attached hydrogens (tertiary/aromatic N) is 3. The van der Waals surface area contributed by atoms with Gasteiger partial charge < -0.3 is 9.88 Å². The molecule has 29 heavy (non-hydrogen) atoms. The van der Waals surface area contributed by atoms with E-state index in [0.717, 1.165) is 16.6 Å². The van der Waals surface area contributed by atoms with Crippen molar-refractivity contribution >= 4 is 23.0 Å². The molecule has 0 saturated carbocycles. The first-order valence-corrected chi connectivity index (χ1v) is 9.24. The molecule has 1 atom stereocenters. The number of rotatable bonds is 6. The van der Waals surface area contributed by atoms with Crippen LogP contribution in [-0.2, 0) is 11.3 Å². The van der Waals surface area contributed by atoms with E-state index in [1.807, 2.05) is 47.0 Å². The Morgan fingerprint density at radius 1 is 1.03 bits per heavy atom. The van der Waals surface area contributed by atoms with Gasteiger partial charge in [-0.2, -0.15) is 0 Å². The number of nitrogens with one attached hydrogen (secondary N) is 1. The zero-order valence-corrected chi connectivity index (χ0v) is 15.6. The highest BCUT2D eigenvalue weighted by Gasteiger charge is 2.16. The van der Waals surface area contributed by atoms with E-state index in [0.29, 0.717) is 12.2 Å². The number of halogens is 1. The van der Waals surface area contributed by atoms with Crippen molar-refractivity contribution < 1.29 is 9.18 Å². The molecule has 6 heteroatoms. The number of hydrogen-bond acceptors (Lipinski definition) is 3. The van der Waals surface area contributed by atoms with Gasteiger partial charge in [-0.25, -0.2) is 9.37 Å². The molecule has 0 saturated heterocycles. The molecular formula is C23H19FN4O. The topological polar surface area (TPSA) is 59.8 Å². The SMILES string of the molecule is O=C(C=Cc1ccccn1)NC(Cn1cnc2ccccc21)c1ccc(F)cc1. The van der Waals surface area contributed by atoms with Crippen LogP contribution in [0, 0.1) is 5.82 Å². The highest BCUT2D eigenvalue weighted by Crippen LogP contribution is 2.20. The van der Waals surface area contributed by atoms with E-state index in [1.165, 1.54) is 18.2 Å². The second kappa shape index (κ2) is 8.48. The highest BCUT2D eigenvalue weighted by atomic mass is 19.1. The lowest BCUT2D eigenvalue weighted by molar-refractivity contribution is -0.117. The van der Waals surface area contributed by atoms with Crippen LogP contribution >= 0.6 is 0 Å². The fourth-order valence-electron chi connectivity index (χ4n) is 3.14. The summed E-state index contributed by atoms with van der Waals surface area (Å²) in [5.74, 6) is -0.573. The molecule has 0 aliphatic carbocycles. The third-order valence-electron chi connectivity index (χ3n) is 4.59. The molecule has 2 aromatic carbocycles. The van der Waals surface area contributed by atoms with Crippen LogP contribution in [-0.4, -0.2) is 20.4 Å². The lowest BCUT2D eigenvalue weighted by atomic mass is 10.1. The Morgan fingerprint density at radius 3 is 2.62 bits per heavy atom. The summed E-state index contributed by atoms with van der Waals surface area (Å²) in [6.45, 7) is 0.468. The van der Waals surface area contributed by atoms with Crippen molar-refractivity contribution in [3.63, 3.8) is 0 Å². The van der Waals surface area contributed by atoms with Crippen molar-refractivity contribution in [2.75, 3.05) is 0 Å². The first-order chi connectivity index (χ1) is 14.2. The molecule has 144 valence electrons. The van der Waals surface area contributed by atoms with Gasteiger partial charge in [0.1, 0.15) is 5.82 Å². The monoisotopic (exact) mass is 386 g/mol. The Hall–Kier alpha value is -3.80. The number of fused-ring (bicyclic) bond motifs is 1. The summed E-state index contributed by atoms with van der Waals surface area (Å²) in [6, 6.07) is 19.1. The average Bonchev–Trinajstić information content (AvgIpc) is 3.16. The number of pyridine rings is 1. The summed E-state index contributed by atoms with van der Waals surface area (Å²) < 4.78 is 15.4. The molecular weight excluding hydrogens is 367 g/mol. The van der Waals surface area contributed by atoms with Crippen LogP contribution in [0.15, 0.2) is 85.3 Å². The van der Waals surface area contributed by atoms with E-state index in [9.17, 15) is 9.18 Å². The predicted octanol–water partition coefficient (Wildman–Crippen LogP) is 4.14. The lowest BCUT2D eigenvalue weighted by Crippen LogP contribution is -2.30. The number of aromatic nitrogens is 3. The second-order valence-corrected chi connectivity index (χ2v) is 6.59. The lowest BCUT2D eigenvalue weighted by Gasteiger charge is -2.19. The van der Waals surface area contributed by atoms with Crippen molar-refractivity contribution in [2.24, 2.45) is 0 Å². The minimum atomic E-state index is -0.353. The maximum atomic E-state index is 13.4. The maximum absolute atomic E-state index is 13.4. The normalized spacial score (nSPS) is 12.3. The van der Waals surface area contributed by atoms with E-state index in [4.69, 9.17) is 0 Å². The van der Waals surface area contributed by atoms with Gasteiger partial charge >= 0.3 is 0 Å². The van der Waals surface area contributed by atoms with Gasteiger partial charge in [0, 0.05) is 18.8 Å². The molecule has 5 nitrogen and oxygen atoms in total. The molecule has 1 N–H and O–H groups in total. The Morgan fingerprint density at radius 2 is 1.83 bits per heavy atom. The molecule has 2 heterocycles. The fourth-order valence-corrected chi connectivity index (χ4v) is 3.14. The third kappa shape index (κ3) is 4.55. The Labute approximate surface area is 167 Å². The van der Waals surface area contributed by atoms with Crippen LogP contribution in [0.4, 0.5) is 4.39 Å². The van der Waals surface area contributed by atoms with Gasteiger partial charge in [0.25, 0.3) is 0 Å². The molecule has 4 aromatic rings. The highest BCUT2D eigenvalue weighted by molar-refractivity contribution is 5.91. The van der Waals surface area contributed by atoms with E-state index >= 15 is 0 Å². The summed E-state index contributed by atoms with van der Waals surface area (Å²) in [7, 11) is 0. The zero-order chi connectivity index (χ0) is 20.1. The molecule has 1 amide bonds. The number of benzene rings is 2. The van der Waals surface area contributed by atoms with Crippen molar-refractivity contribution in [1.82, 2.24) is 19.9 Å². The summed E-state index contributed by atoms with van der Waals surface area (Å²) in [5, 5.41) is 3.00. The van der Waals surface area contributed by atoms with Crippen molar-refractivity contribution in [2.45, 2.75) is 12.6 Å². The molecule has 0 radical (unpaired) electrons. The van der Waals surface area contributed by atoms with Crippen LogP contribution in [0.25, 0.3) is 17.1 Å². The van der Waals surface area contributed by atoms with Crippen LogP contribution in [0.2, 0.25) is 0 Å².